The van der Waals surface area contributed by atoms with Crippen LogP contribution < -0.4 is 15.4 Å². The van der Waals surface area contributed by atoms with Crippen molar-refractivity contribution in [2.24, 2.45) is 5.41 Å². The predicted octanol–water partition coefficient (Wildman–Crippen LogP) is 6.20. The summed E-state index contributed by atoms with van der Waals surface area (Å²) in [4.78, 5) is 25.1. The zero-order chi connectivity index (χ0) is 23.1. The fourth-order valence-electron chi connectivity index (χ4n) is 4.37. The van der Waals surface area contributed by atoms with Gasteiger partial charge in [-0.2, -0.15) is 0 Å². The maximum atomic E-state index is 13.2. The number of benzene rings is 3. The van der Waals surface area contributed by atoms with E-state index in [9.17, 15) is 9.59 Å². The summed E-state index contributed by atoms with van der Waals surface area (Å²) in [5, 5.41) is 6.16. The van der Waals surface area contributed by atoms with Gasteiger partial charge in [0, 0.05) is 18.4 Å². The lowest BCUT2D eigenvalue weighted by Crippen LogP contribution is -2.39. The molecule has 0 aliphatic heterocycles. The Morgan fingerprint density at radius 1 is 0.939 bits per heavy atom. The SMILES string of the molecule is CNc1ccc(Oc2ccc(NC(=O)C3(C=O)CCCCC3)c(Cc3ccccc3)c2)cc1. The Bertz CT molecular complexity index is 1090. The van der Waals surface area contributed by atoms with Crippen LogP contribution in [0.25, 0.3) is 0 Å². The minimum atomic E-state index is -0.924. The number of rotatable bonds is 8. The van der Waals surface area contributed by atoms with E-state index in [4.69, 9.17) is 4.74 Å². The van der Waals surface area contributed by atoms with Gasteiger partial charge in [-0.1, -0.05) is 49.6 Å². The molecule has 0 bridgehead atoms. The van der Waals surface area contributed by atoms with E-state index in [1.807, 2.05) is 67.7 Å². The fraction of sp³-hybridized carbons (Fsp3) is 0.286. The Hall–Kier alpha value is -3.60. The summed E-state index contributed by atoms with van der Waals surface area (Å²) >= 11 is 0. The average Bonchev–Trinajstić information content (AvgIpc) is 2.87. The van der Waals surface area contributed by atoms with Crippen molar-refractivity contribution in [3.63, 3.8) is 0 Å². The number of aldehydes is 1. The van der Waals surface area contributed by atoms with Crippen LogP contribution in [0, 0.1) is 5.41 Å². The highest BCUT2D eigenvalue weighted by Gasteiger charge is 2.39. The molecule has 1 saturated carbocycles. The molecule has 0 saturated heterocycles. The van der Waals surface area contributed by atoms with Crippen molar-refractivity contribution in [2.75, 3.05) is 17.7 Å². The quantitative estimate of drug-likeness (QED) is 0.322. The number of hydrogen-bond donors (Lipinski definition) is 2. The predicted molar refractivity (Wildman–Crippen MR) is 132 cm³/mol. The molecule has 0 unspecified atom stereocenters. The van der Waals surface area contributed by atoms with Crippen LogP contribution in [0.4, 0.5) is 11.4 Å². The molecule has 1 fully saturated rings. The van der Waals surface area contributed by atoms with Crippen molar-refractivity contribution >= 4 is 23.6 Å². The average molecular weight is 443 g/mol. The molecule has 3 aromatic carbocycles. The van der Waals surface area contributed by atoms with Gasteiger partial charge in [-0.3, -0.25) is 4.79 Å². The molecule has 1 amide bonds. The van der Waals surface area contributed by atoms with E-state index >= 15 is 0 Å². The van der Waals surface area contributed by atoms with Crippen molar-refractivity contribution in [1.29, 1.82) is 0 Å². The Morgan fingerprint density at radius 2 is 1.64 bits per heavy atom. The van der Waals surface area contributed by atoms with Gasteiger partial charge in [-0.15, -0.1) is 0 Å². The third-order valence-corrected chi connectivity index (χ3v) is 6.36. The molecule has 0 aromatic heterocycles. The van der Waals surface area contributed by atoms with Gasteiger partial charge < -0.3 is 20.2 Å². The second-order valence-corrected chi connectivity index (χ2v) is 8.65. The molecule has 170 valence electrons. The molecule has 33 heavy (non-hydrogen) atoms. The summed E-state index contributed by atoms with van der Waals surface area (Å²) in [7, 11) is 1.88. The number of anilines is 2. The summed E-state index contributed by atoms with van der Waals surface area (Å²) in [5.74, 6) is 1.22. The van der Waals surface area contributed by atoms with Gasteiger partial charge in [0.15, 0.2) is 0 Å². The van der Waals surface area contributed by atoms with Gasteiger partial charge in [0.25, 0.3) is 0 Å². The van der Waals surface area contributed by atoms with Gasteiger partial charge >= 0.3 is 0 Å². The zero-order valence-corrected chi connectivity index (χ0v) is 19.0. The first kappa shape index (κ1) is 22.6. The first-order chi connectivity index (χ1) is 16.1. The van der Waals surface area contributed by atoms with Crippen molar-refractivity contribution in [3.8, 4) is 11.5 Å². The molecule has 2 N–H and O–H groups in total. The second-order valence-electron chi connectivity index (χ2n) is 8.65. The normalized spacial score (nSPS) is 14.8. The smallest absolute Gasteiger partial charge is 0.237 e. The minimum absolute atomic E-state index is 0.206. The van der Waals surface area contributed by atoms with Gasteiger partial charge in [0.2, 0.25) is 5.91 Å². The Labute approximate surface area is 195 Å². The standard InChI is InChI=1S/C28H30N2O3/c1-29-23-10-12-24(13-11-23)33-25-14-15-26(22(19-25)18-21-8-4-2-5-9-21)30-27(32)28(20-31)16-6-3-7-17-28/h2,4-5,8-15,19-20,29H,3,6-7,16-18H2,1H3,(H,30,32). The maximum Gasteiger partial charge on any atom is 0.237 e. The van der Waals surface area contributed by atoms with Crippen LogP contribution in [0.15, 0.2) is 72.8 Å². The van der Waals surface area contributed by atoms with E-state index in [1.54, 1.807) is 0 Å². The van der Waals surface area contributed by atoms with Gasteiger partial charge in [-0.05, 0) is 72.9 Å². The highest BCUT2D eigenvalue weighted by molar-refractivity contribution is 6.05. The van der Waals surface area contributed by atoms with Gasteiger partial charge in [0.1, 0.15) is 23.2 Å². The van der Waals surface area contributed by atoms with Crippen molar-refractivity contribution in [1.82, 2.24) is 0 Å². The van der Waals surface area contributed by atoms with Crippen LogP contribution in [0.1, 0.15) is 43.2 Å². The van der Waals surface area contributed by atoms with E-state index in [0.717, 1.165) is 48.1 Å². The van der Waals surface area contributed by atoms with E-state index in [1.165, 1.54) is 0 Å². The fourth-order valence-corrected chi connectivity index (χ4v) is 4.37. The summed E-state index contributed by atoms with van der Waals surface area (Å²) < 4.78 is 6.08. The third kappa shape index (κ3) is 5.43. The summed E-state index contributed by atoms with van der Waals surface area (Å²) in [6, 6.07) is 23.5. The van der Waals surface area contributed by atoms with E-state index in [-0.39, 0.29) is 5.91 Å². The second kappa shape index (κ2) is 10.3. The Kier molecular flexibility index (Phi) is 7.08. The summed E-state index contributed by atoms with van der Waals surface area (Å²) in [6.07, 6.45) is 5.60. The molecule has 0 atom stereocenters. The van der Waals surface area contributed by atoms with Gasteiger partial charge in [-0.25, -0.2) is 0 Å². The molecule has 5 heteroatoms. The van der Waals surface area contributed by atoms with E-state index in [2.05, 4.69) is 22.8 Å². The lowest BCUT2D eigenvalue weighted by atomic mass is 9.74. The molecule has 1 aliphatic carbocycles. The van der Waals surface area contributed by atoms with Crippen molar-refractivity contribution in [3.05, 3.63) is 83.9 Å². The first-order valence-corrected chi connectivity index (χ1v) is 11.5. The maximum absolute atomic E-state index is 13.2. The Balaban J connectivity index is 1.60. The van der Waals surface area contributed by atoms with E-state index in [0.29, 0.717) is 30.7 Å². The highest BCUT2D eigenvalue weighted by Crippen LogP contribution is 2.36. The van der Waals surface area contributed by atoms with Crippen LogP contribution in [0.5, 0.6) is 11.5 Å². The van der Waals surface area contributed by atoms with Crippen molar-refractivity contribution in [2.45, 2.75) is 38.5 Å². The van der Waals surface area contributed by atoms with Crippen LogP contribution in [0.3, 0.4) is 0 Å². The van der Waals surface area contributed by atoms with Gasteiger partial charge in [0.05, 0.1) is 0 Å². The molecule has 0 spiro atoms. The minimum Gasteiger partial charge on any atom is -0.457 e. The topological polar surface area (TPSA) is 67.4 Å². The van der Waals surface area contributed by atoms with E-state index < -0.39 is 5.41 Å². The molecule has 0 radical (unpaired) electrons. The lowest BCUT2D eigenvalue weighted by Gasteiger charge is -2.30. The first-order valence-electron chi connectivity index (χ1n) is 11.5. The summed E-state index contributed by atoms with van der Waals surface area (Å²) in [5.41, 5.74) is 2.87. The highest BCUT2D eigenvalue weighted by atomic mass is 16.5. The number of ether oxygens (including phenoxy) is 1. The Morgan fingerprint density at radius 3 is 2.30 bits per heavy atom. The number of carbonyl (C=O) groups is 2. The van der Waals surface area contributed by atoms with Crippen LogP contribution in [-0.2, 0) is 16.0 Å². The summed E-state index contributed by atoms with van der Waals surface area (Å²) in [6.45, 7) is 0. The molecule has 0 heterocycles. The largest absolute Gasteiger partial charge is 0.457 e. The number of amides is 1. The molecular weight excluding hydrogens is 412 g/mol. The molecule has 4 rings (SSSR count). The lowest BCUT2D eigenvalue weighted by molar-refractivity contribution is -0.134. The number of carbonyl (C=O) groups excluding carboxylic acids is 2. The zero-order valence-electron chi connectivity index (χ0n) is 19.0. The molecule has 3 aromatic rings. The van der Waals surface area contributed by atoms with Crippen LogP contribution in [0.2, 0.25) is 0 Å². The molecule has 1 aliphatic rings. The van der Waals surface area contributed by atoms with Crippen molar-refractivity contribution < 1.29 is 14.3 Å². The molecule has 5 nitrogen and oxygen atoms in total. The number of nitrogens with one attached hydrogen (secondary N) is 2. The monoisotopic (exact) mass is 442 g/mol. The third-order valence-electron chi connectivity index (χ3n) is 6.36. The van der Waals surface area contributed by atoms with Crippen LogP contribution >= 0.6 is 0 Å². The van der Waals surface area contributed by atoms with Crippen LogP contribution in [-0.4, -0.2) is 19.2 Å². The molecular formula is C28H30N2O3. The number of hydrogen-bond acceptors (Lipinski definition) is 4.